The molecule has 28 heavy (non-hydrogen) atoms. The van der Waals surface area contributed by atoms with E-state index in [1.807, 2.05) is 30.3 Å². The van der Waals surface area contributed by atoms with Crippen LogP contribution in [0.2, 0.25) is 5.02 Å². The number of thioether (sulfide) groups is 1. The van der Waals surface area contributed by atoms with Gasteiger partial charge >= 0.3 is 0 Å². The maximum absolute atomic E-state index is 14.1. The molecular formula is C20H21ClFN4OS+. The van der Waals surface area contributed by atoms with Gasteiger partial charge in [-0.2, -0.15) is 0 Å². The van der Waals surface area contributed by atoms with Gasteiger partial charge in [0.1, 0.15) is 25.5 Å². The third-order valence-corrected chi connectivity index (χ3v) is 6.04. The first-order valence-electron chi connectivity index (χ1n) is 9.19. The SMILES string of the molecule is Fc1cccc(Cl)c1CSc1nnc(C[NH+]2CCOCC2)n1-c1ccccc1. The van der Waals surface area contributed by atoms with E-state index in [0.717, 1.165) is 49.5 Å². The molecule has 0 atom stereocenters. The predicted octanol–water partition coefficient (Wildman–Crippen LogP) is 2.77. The van der Waals surface area contributed by atoms with Gasteiger partial charge in [0.2, 0.25) is 0 Å². The smallest absolute Gasteiger partial charge is 0.196 e. The van der Waals surface area contributed by atoms with E-state index < -0.39 is 0 Å². The first kappa shape index (κ1) is 19.4. The minimum absolute atomic E-state index is 0.302. The summed E-state index contributed by atoms with van der Waals surface area (Å²) in [6.07, 6.45) is 0. The van der Waals surface area contributed by atoms with Gasteiger partial charge in [-0.1, -0.05) is 47.6 Å². The fraction of sp³-hybridized carbons (Fsp3) is 0.300. The zero-order valence-corrected chi connectivity index (χ0v) is 16.8. The van der Waals surface area contributed by atoms with Gasteiger partial charge in [-0.3, -0.25) is 4.57 Å². The molecule has 5 nitrogen and oxygen atoms in total. The Morgan fingerprint density at radius 3 is 2.61 bits per heavy atom. The first-order valence-corrected chi connectivity index (χ1v) is 10.6. The monoisotopic (exact) mass is 419 g/mol. The third kappa shape index (κ3) is 4.38. The Labute approximate surface area is 172 Å². The summed E-state index contributed by atoms with van der Waals surface area (Å²) in [5.74, 6) is 0.981. The third-order valence-electron chi connectivity index (χ3n) is 4.73. The number of para-hydroxylation sites is 1. The fourth-order valence-corrected chi connectivity index (χ4v) is 4.53. The number of ether oxygens (including phenoxy) is 1. The normalized spacial score (nSPS) is 15.1. The number of halogens is 2. The number of nitrogens with zero attached hydrogens (tertiary/aromatic N) is 3. The number of hydrogen-bond donors (Lipinski definition) is 1. The quantitative estimate of drug-likeness (QED) is 0.624. The Morgan fingerprint density at radius 1 is 1.07 bits per heavy atom. The van der Waals surface area contributed by atoms with E-state index in [4.69, 9.17) is 16.3 Å². The molecule has 2 aromatic carbocycles. The molecule has 0 amide bonds. The topological polar surface area (TPSA) is 44.4 Å². The van der Waals surface area contributed by atoms with Crippen LogP contribution in [0.5, 0.6) is 0 Å². The minimum atomic E-state index is -0.302. The molecule has 0 radical (unpaired) electrons. The van der Waals surface area contributed by atoms with Crippen molar-refractivity contribution in [1.82, 2.24) is 14.8 Å². The Hall–Kier alpha value is -1.93. The second kappa shape index (κ2) is 9.05. The lowest BCUT2D eigenvalue weighted by atomic mass is 10.2. The van der Waals surface area contributed by atoms with Gasteiger partial charge in [0.05, 0.1) is 13.2 Å². The number of morpholine rings is 1. The van der Waals surface area contributed by atoms with Crippen LogP contribution in [-0.4, -0.2) is 41.1 Å². The van der Waals surface area contributed by atoms with E-state index in [0.29, 0.717) is 16.3 Å². The first-order chi connectivity index (χ1) is 13.7. The maximum Gasteiger partial charge on any atom is 0.196 e. The van der Waals surface area contributed by atoms with Gasteiger partial charge in [0.25, 0.3) is 0 Å². The Kier molecular flexibility index (Phi) is 6.26. The molecule has 0 spiro atoms. The molecule has 1 saturated heterocycles. The van der Waals surface area contributed by atoms with Gasteiger partial charge in [0.15, 0.2) is 11.0 Å². The number of hydrogen-bond acceptors (Lipinski definition) is 4. The molecule has 1 aromatic heterocycles. The molecule has 1 fully saturated rings. The van der Waals surface area contributed by atoms with Crippen LogP contribution in [0.3, 0.4) is 0 Å². The van der Waals surface area contributed by atoms with Crippen LogP contribution in [0.1, 0.15) is 11.4 Å². The number of rotatable bonds is 6. The van der Waals surface area contributed by atoms with E-state index >= 15 is 0 Å². The maximum atomic E-state index is 14.1. The summed E-state index contributed by atoms with van der Waals surface area (Å²) in [6.45, 7) is 4.21. The van der Waals surface area contributed by atoms with E-state index in [9.17, 15) is 4.39 Å². The second-order valence-electron chi connectivity index (χ2n) is 6.60. The molecule has 1 aliphatic heterocycles. The molecule has 0 unspecified atom stereocenters. The summed E-state index contributed by atoms with van der Waals surface area (Å²) >= 11 is 7.61. The second-order valence-corrected chi connectivity index (χ2v) is 7.95. The van der Waals surface area contributed by atoms with Crippen molar-refractivity contribution in [2.45, 2.75) is 17.5 Å². The number of quaternary nitrogens is 1. The van der Waals surface area contributed by atoms with E-state index in [-0.39, 0.29) is 5.82 Å². The lowest BCUT2D eigenvalue weighted by molar-refractivity contribution is -0.922. The highest BCUT2D eigenvalue weighted by Gasteiger charge is 2.21. The van der Waals surface area contributed by atoms with Crippen LogP contribution in [0, 0.1) is 5.82 Å². The van der Waals surface area contributed by atoms with Crippen LogP contribution in [0.4, 0.5) is 4.39 Å². The molecule has 1 aliphatic rings. The van der Waals surface area contributed by atoms with Crippen molar-refractivity contribution in [2.24, 2.45) is 0 Å². The van der Waals surface area contributed by atoms with Crippen LogP contribution in [0.25, 0.3) is 5.69 Å². The predicted molar refractivity (Wildman–Crippen MR) is 108 cm³/mol. The van der Waals surface area contributed by atoms with Crippen LogP contribution in [0.15, 0.2) is 53.7 Å². The summed E-state index contributed by atoms with van der Waals surface area (Å²) in [5, 5.41) is 10.0. The van der Waals surface area contributed by atoms with Crippen molar-refractivity contribution >= 4 is 23.4 Å². The van der Waals surface area contributed by atoms with Crippen molar-refractivity contribution < 1.29 is 14.0 Å². The Bertz CT molecular complexity index is 911. The van der Waals surface area contributed by atoms with Crippen LogP contribution >= 0.6 is 23.4 Å². The van der Waals surface area contributed by atoms with Crippen molar-refractivity contribution in [2.75, 3.05) is 26.3 Å². The van der Waals surface area contributed by atoms with Crippen LogP contribution < -0.4 is 4.90 Å². The number of aromatic nitrogens is 3. The van der Waals surface area contributed by atoms with E-state index in [1.54, 1.807) is 12.1 Å². The van der Waals surface area contributed by atoms with Crippen LogP contribution in [-0.2, 0) is 17.0 Å². The van der Waals surface area contributed by atoms with Crippen molar-refractivity contribution in [1.29, 1.82) is 0 Å². The molecular weight excluding hydrogens is 399 g/mol. The lowest BCUT2D eigenvalue weighted by Crippen LogP contribution is -3.12. The van der Waals surface area contributed by atoms with Gasteiger partial charge in [0, 0.05) is 22.0 Å². The summed E-state index contributed by atoms with van der Waals surface area (Å²) in [4.78, 5) is 1.42. The average molecular weight is 420 g/mol. The molecule has 4 rings (SSSR count). The summed E-state index contributed by atoms with van der Waals surface area (Å²) in [6, 6.07) is 14.8. The summed E-state index contributed by atoms with van der Waals surface area (Å²) < 4.78 is 21.6. The highest BCUT2D eigenvalue weighted by molar-refractivity contribution is 7.98. The molecule has 0 aliphatic carbocycles. The van der Waals surface area contributed by atoms with Gasteiger partial charge < -0.3 is 9.64 Å². The Morgan fingerprint density at radius 2 is 1.86 bits per heavy atom. The summed E-state index contributed by atoms with van der Waals surface area (Å²) in [7, 11) is 0. The fourth-order valence-electron chi connectivity index (χ4n) is 3.21. The highest BCUT2D eigenvalue weighted by atomic mass is 35.5. The molecule has 8 heteroatoms. The van der Waals surface area contributed by atoms with Crippen molar-refractivity contribution in [3.05, 3.63) is 70.8 Å². The standard InChI is InChI=1S/C20H20ClFN4OS/c21-17-7-4-8-18(22)16(17)14-28-20-24-23-19(13-25-9-11-27-12-10-25)26(20)15-5-2-1-3-6-15/h1-8H,9-14H2/p+1. The number of nitrogens with one attached hydrogen (secondary N) is 1. The van der Waals surface area contributed by atoms with Gasteiger partial charge in [-0.25, -0.2) is 4.39 Å². The zero-order valence-electron chi connectivity index (χ0n) is 15.3. The molecule has 146 valence electrons. The largest absolute Gasteiger partial charge is 0.370 e. The van der Waals surface area contributed by atoms with E-state index in [2.05, 4.69) is 14.8 Å². The Balaban J connectivity index is 1.61. The molecule has 3 aromatic rings. The molecule has 0 saturated carbocycles. The molecule has 0 bridgehead atoms. The van der Waals surface area contributed by atoms with Gasteiger partial charge in [-0.15, -0.1) is 10.2 Å². The van der Waals surface area contributed by atoms with Gasteiger partial charge in [-0.05, 0) is 24.3 Å². The van der Waals surface area contributed by atoms with E-state index in [1.165, 1.54) is 22.7 Å². The minimum Gasteiger partial charge on any atom is -0.370 e. The van der Waals surface area contributed by atoms with Crippen molar-refractivity contribution in [3.8, 4) is 5.69 Å². The highest BCUT2D eigenvalue weighted by Crippen LogP contribution is 2.29. The summed E-state index contributed by atoms with van der Waals surface area (Å²) in [5.41, 5.74) is 1.48. The lowest BCUT2D eigenvalue weighted by Gasteiger charge is -2.23. The van der Waals surface area contributed by atoms with Crippen molar-refractivity contribution in [3.63, 3.8) is 0 Å². The zero-order chi connectivity index (χ0) is 19.3. The molecule has 2 heterocycles. The average Bonchev–Trinajstić information content (AvgIpc) is 3.11. The molecule has 1 N–H and O–H groups in total. The number of benzene rings is 2.